The van der Waals surface area contributed by atoms with Crippen molar-refractivity contribution in [2.24, 2.45) is 5.22 Å². The van der Waals surface area contributed by atoms with Crippen molar-refractivity contribution in [2.45, 2.75) is 0 Å². The predicted octanol–water partition coefficient (Wildman–Crippen LogP) is -0.309. The average molecular weight is 143 g/mol. The van der Waals surface area contributed by atoms with Crippen LogP contribution in [0.4, 0.5) is 0 Å². The summed E-state index contributed by atoms with van der Waals surface area (Å²) in [5.41, 5.74) is 8.99. The van der Waals surface area contributed by atoms with Gasteiger partial charge in [0, 0.05) is 15.9 Å². The second kappa shape index (κ2) is 3.76. The monoisotopic (exact) mass is 143 g/mol. The van der Waals surface area contributed by atoms with Crippen LogP contribution in [0.15, 0.2) is 5.22 Å². The number of hydrazine groups is 2. The first-order chi connectivity index (χ1) is 4.70. The van der Waals surface area contributed by atoms with Crippen LogP contribution >= 0.6 is 0 Å². The summed E-state index contributed by atoms with van der Waals surface area (Å²) in [4.78, 5) is 11.7. The van der Waals surface area contributed by atoms with E-state index in [1.165, 1.54) is 11.7 Å². The molecule has 9 nitrogen and oxygen atoms in total. The van der Waals surface area contributed by atoms with Crippen molar-refractivity contribution in [1.82, 2.24) is 10.7 Å². The third-order valence-electron chi connectivity index (χ3n) is 0.401. The number of rotatable bonds is 3. The zero-order chi connectivity index (χ0) is 7.98. The second-order valence-electron chi connectivity index (χ2n) is 0.948. The summed E-state index contributed by atoms with van der Waals surface area (Å²) in [5, 5.41) is 19.1. The molecule has 1 N–H and O–H groups in total. The van der Waals surface area contributed by atoms with Crippen LogP contribution in [-0.2, 0) is 0 Å². The number of nitrogens with zero attached hydrogens (tertiary/aromatic N) is 6. The predicted molar refractivity (Wildman–Crippen MR) is 26.7 cm³/mol. The fourth-order valence-electron chi connectivity index (χ4n) is 0.180. The first kappa shape index (κ1) is 7.80. The highest BCUT2D eigenvalue weighted by Crippen LogP contribution is 1.78. The summed E-state index contributed by atoms with van der Waals surface area (Å²) in [6.45, 7) is 0. The maximum absolute atomic E-state index is 9.56. The van der Waals surface area contributed by atoms with Gasteiger partial charge in [-0.1, -0.05) is 0 Å². The summed E-state index contributed by atoms with van der Waals surface area (Å²) < 4.78 is 0. The van der Waals surface area contributed by atoms with Gasteiger partial charge in [-0.25, -0.2) is 10.1 Å². The lowest BCUT2D eigenvalue weighted by Crippen LogP contribution is -2.33. The van der Waals surface area contributed by atoms with E-state index in [2.05, 4.69) is 10.1 Å². The zero-order valence-electron chi connectivity index (χ0n) is 4.50. The molecule has 0 unspecified atom stereocenters. The fourth-order valence-corrected chi connectivity index (χ4v) is 0.180. The molecule has 9 heteroatoms. The molecule has 10 heavy (non-hydrogen) atoms. The highest BCUT2D eigenvalue weighted by molar-refractivity contribution is 4.61. The van der Waals surface area contributed by atoms with Crippen molar-refractivity contribution in [3.8, 4) is 6.19 Å². The van der Waals surface area contributed by atoms with E-state index < -0.39 is 5.03 Å². The third kappa shape index (κ3) is 2.89. The Balaban J connectivity index is 3.99. The van der Waals surface area contributed by atoms with E-state index in [1.54, 1.807) is 0 Å². The van der Waals surface area contributed by atoms with Gasteiger partial charge in [-0.15, -0.1) is 10.8 Å². The Bertz CT molecular complexity index is 208. The molecule has 0 fully saturated rings. The van der Waals surface area contributed by atoms with E-state index >= 15 is 0 Å². The molecule has 0 atom stereocenters. The van der Waals surface area contributed by atoms with Crippen molar-refractivity contribution in [2.75, 3.05) is 0 Å². The van der Waals surface area contributed by atoms with Crippen molar-refractivity contribution < 1.29 is 5.03 Å². The third-order valence-corrected chi connectivity index (χ3v) is 0.401. The van der Waals surface area contributed by atoms with E-state index in [9.17, 15) is 10.1 Å². The Kier molecular flexibility index (Phi) is 2.93. The topological polar surface area (TPSA) is 131 Å². The van der Waals surface area contributed by atoms with E-state index in [4.69, 9.17) is 10.8 Å². The first-order valence-electron chi connectivity index (χ1n) is 1.86. The molecule has 0 saturated carbocycles. The van der Waals surface area contributed by atoms with E-state index in [0.717, 1.165) is 0 Å². The van der Waals surface area contributed by atoms with Gasteiger partial charge >= 0.3 is 6.19 Å². The Morgan fingerprint density at radius 3 is 2.90 bits per heavy atom. The Morgan fingerprint density at radius 2 is 2.60 bits per heavy atom. The van der Waals surface area contributed by atoms with Crippen LogP contribution in [-0.4, -0.2) is 10.2 Å². The van der Waals surface area contributed by atoms with Gasteiger partial charge in [-0.05, 0) is 0 Å². The molecule has 0 bridgehead atoms. The minimum Gasteiger partial charge on any atom is -0.232 e. The molecule has 0 spiro atoms. The molecule has 0 aliphatic rings. The number of nitriles is 1. The summed E-state index contributed by atoms with van der Waals surface area (Å²) in [6.07, 6.45) is 1.19. The first-order valence-corrected chi connectivity index (χ1v) is 1.86. The standard InChI is InChI=1S/CHN7O2/c2-1-7(5-4-3)6-8(9)10/h6H. The van der Waals surface area contributed by atoms with Crippen LogP contribution < -0.4 is 5.53 Å². The van der Waals surface area contributed by atoms with Gasteiger partial charge in [0.1, 0.15) is 0 Å². The molecule has 52 valence electrons. The second-order valence-corrected chi connectivity index (χ2v) is 0.948. The van der Waals surface area contributed by atoms with Crippen molar-refractivity contribution >= 4 is 0 Å². The Hall–Kier alpha value is -2.20. The number of hydrogen-bond donors (Lipinski definition) is 1. The molecule has 0 aliphatic heterocycles. The summed E-state index contributed by atoms with van der Waals surface area (Å²) >= 11 is 0. The summed E-state index contributed by atoms with van der Waals surface area (Å²) in [7, 11) is 0. The minimum atomic E-state index is -1.03. The average Bonchev–Trinajstić information content (AvgIpc) is 1.86. The van der Waals surface area contributed by atoms with Gasteiger partial charge in [0.2, 0.25) is 0 Å². The number of nitro groups is 1. The highest BCUT2D eigenvalue weighted by atomic mass is 16.7. The van der Waals surface area contributed by atoms with Gasteiger partial charge in [-0.3, -0.25) is 0 Å². The lowest BCUT2D eigenvalue weighted by Gasteiger charge is -1.93. The zero-order valence-corrected chi connectivity index (χ0v) is 4.50. The van der Waals surface area contributed by atoms with Gasteiger partial charge < -0.3 is 0 Å². The molecule has 0 aromatic carbocycles. The molecule has 0 saturated heterocycles. The lowest BCUT2D eigenvalue weighted by atomic mass is 11.3. The van der Waals surface area contributed by atoms with Crippen molar-refractivity contribution in [3.05, 3.63) is 20.6 Å². The highest BCUT2D eigenvalue weighted by Gasteiger charge is 2.06. The molecule has 0 radical (unpaired) electrons. The molecular formula is CHN7O2. The SMILES string of the molecule is N#CN(N=[N+]=[N-])N[N+](=O)[O-]. The molecule has 0 rings (SSSR count). The molecule has 0 amide bonds. The van der Waals surface area contributed by atoms with Gasteiger partial charge in [0.15, 0.2) is 5.03 Å². The van der Waals surface area contributed by atoms with E-state index in [0.29, 0.717) is 0 Å². The van der Waals surface area contributed by atoms with Crippen LogP contribution in [0.25, 0.3) is 10.4 Å². The summed E-state index contributed by atoms with van der Waals surface area (Å²) in [6, 6.07) is 0. The number of azide groups is 1. The van der Waals surface area contributed by atoms with Crippen LogP contribution in [0.5, 0.6) is 0 Å². The largest absolute Gasteiger partial charge is 0.326 e. The van der Waals surface area contributed by atoms with Crippen LogP contribution in [0.2, 0.25) is 0 Å². The molecule has 0 aromatic heterocycles. The maximum atomic E-state index is 9.56. The van der Waals surface area contributed by atoms with Crippen LogP contribution in [0, 0.1) is 21.6 Å². The molecule has 0 aliphatic carbocycles. The quantitative estimate of drug-likeness (QED) is 0.110. The minimum absolute atomic E-state index is 0.0694. The fraction of sp³-hybridized carbons (Fsp3) is 0. The van der Waals surface area contributed by atoms with Crippen molar-refractivity contribution in [3.63, 3.8) is 0 Å². The van der Waals surface area contributed by atoms with Crippen LogP contribution in [0.1, 0.15) is 0 Å². The van der Waals surface area contributed by atoms with E-state index in [1.807, 2.05) is 0 Å². The Labute approximate surface area is 54.1 Å². The van der Waals surface area contributed by atoms with E-state index in [-0.39, 0.29) is 5.12 Å². The normalized spacial score (nSPS) is 6.70. The maximum Gasteiger partial charge on any atom is 0.326 e. The van der Waals surface area contributed by atoms with Gasteiger partial charge in [-0.2, -0.15) is 4.91 Å². The Morgan fingerprint density at radius 1 is 2.00 bits per heavy atom. The lowest BCUT2D eigenvalue weighted by molar-refractivity contribution is -0.574. The summed E-state index contributed by atoms with van der Waals surface area (Å²) in [5.74, 6) is 0. The van der Waals surface area contributed by atoms with Crippen LogP contribution in [0.3, 0.4) is 0 Å². The number of nitrogens with one attached hydrogen (secondary N) is 1. The smallest absolute Gasteiger partial charge is 0.232 e. The van der Waals surface area contributed by atoms with Crippen molar-refractivity contribution in [1.29, 1.82) is 5.26 Å². The molecule has 0 heterocycles. The van der Waals surface area contributed by atoms with Gasteiger partial charge in [0.05, 0.1) is 0 Å². The molecule has 0 aromatic rings. The number of hydrogen-bond acceptors (Lipinski definition) is 4. The molecular weight excluding hydrogens is 142 g/mol. The van der Waals surface area contributed by atoms with Gasteiger partial charge in [0.25, 0.3) is 0 Å².